The molecule has 1 aromatic carbocycles. The summed E-state index contributed by atoms with van der Waals surface area (Å²) in [7, 11) is 0. The third-order valence-corrected chi connectivity index (χ3v) is 4.55. The zero-order valence-corrected chi connectivity index (χ0v) is 14.6. The maximum atomic E-state index is 12.4. The smallest absolute Gasteiger partial charge is 0.273 e. The van der Waals surface area contributed by atoms with Gasteiger partial charge in [0.2, 0.25) is 0 Å². The van der Waals surface area contributed by atoms with Gasteiger partial charge in [0.05, 0.1) is 11.9 Å². The van der Waals surface area contributed by atoms with E-state index in [1.54, 1.807) is 10.9 Å². The summed E-state index contributed by atoms with van der Waals surface area (Å²) >= 11 is 0. The molecular formula is C17H24ClN5O. The number of nitrogens with zero attached hydrogens (tertiary/aromatic N) is 3. The van der Waals surface area contributed by atoms with Crippen LogP contribution in [0.15, 0.2) is 30.5 Å². The number of hydrogen-bond donors (Lipinski definition) is 2. The second-order valence-electron chi connectivity index (χ2n) is 6.24. The van der Waals surface area contributed by atoms with Gasteiger partial charge in [0, 0.05) is 6.04 Å². The molecule has 1 aromatic heterocycles. The van der Waals surface area contributed by atoms with E-state index in [1.165, 1.54) is 12.0 Å². The van der Waals surface area contributed by atoms with E-state index in [0.717, 1.165) is 24.9 Å². The van der Waals surface area contributed by atoms with Gasteiger partial charge in [0.1, 0.15) is 0 Å². The van der Waals surface area contributed by atoms with Gasteiger partial charge in [-0.25, -0.2) is 4.68 Å². The number of hydrogen-bond acceptors (Lipinski definition) is 4. The number of benzene rings is 1. The Hall–Kier alpha value is -1.92. The van der Waals surface area contributed by atoms with Gasteiger partial charge in [0.15, 0.2) is 5.69 Å². The lowest BCUT2D eigenvalue weighted by Gasteiger charge is -2.30. The molecule has 2 atom stereocenters. The van der Waals surface area contributed by atoms with Crippen molar-refractivity contribution in [1.82, 2.24) is 20.3 Å². The minimum absolute atomic E-state index is 0. The minimum atomic E-state index is -0.172. The Balaban J connectivity index is 0.00000208. The first-order valence-electron chi connectivity index (χ1n) is 8.17. The number of halogens is 1. The number of carbonyl (C=O) groups excluding carboxylic acids is 1. The molecule has 2 aromatic rings. The van der Waals surface area contributed by atoms with Gasteiger partial charge in [-0.05, 0) is 44.4 Å². The largest absolute Gasteiger partial charge is 0.348 e. The Kier molecular flexibility index (Phi) is 6.34. The predicted octanol–water partition coefficient (Wildman–Crippen LogP) is 2.24. The molecule has 130 valence electrons. The molecule has 0 bridgehead atoms. The molecule has 0 aliphatic heterocycles. The van der Waals surface area contributed by atoms with Crippen LogP contribution < -0.4 is 11.1 Å². The summed E-state index contributed by atoms with van der Waals surface area (Å²) in [6.07, 6.45) is 6.06. The summed E-state index contributed by atoms with van der Waals surface area (Å²) in [5, 5.41) is 11.1. The van der Waals surface area contributed by atoms with E-state index in [2.05, 4.69) is 15.6 Å². The number of rotatable bonds is 4. The molecular weight excluding hydrogens is 326 g/mol. The first-order valence-corrected chi connectivity index (χ1v) is 8.17. The SMILES string of the molecule is Cc1ccc(-n2cc(C(=O)NC3CCCCC3CN)nn2)cc1.Cl. The van der Waals surface area contributed by atoms with E-state index in [4.69, 9.17) is 5.73 Å². The fourth-order valence-electron chi connectivity index (χ4n) is 3.11. The van der Waals surface area contributed by atoms with E-state index >= 15 is 0 Å². The molecule has 0 spiro atoms. The Morgan fingerprint density at radius 2 is 2.00 bits per heavy atom. The number of nitrogens with two attached hydrogens (primary N) is 1. The molecule has 1 fully saturated rings. The number of aryl methyl sites for hydroxylation is 1. The zero-order valence-electron chi connectivity index (χ0n) is 13.8. The normalized spacial score (nSPS) is 20.2. The van der Waals surface area contributed by atoms with Crippen molar-refractivity contribution in [2.24, 2.45) is 11.7 Å². The summed E-state index contributed by atoms with van der Waals surface area (Å²) in [5.41, 5.74) is 8.22. The van der Waals surface area contributed by atoms with Gasteiger partial charge < -0.3 is 11.1 Å². The van der Waals surface area contributed by atoms with E-state index in [1.807, 2.05) is 31.2 Å². The van der Waals surface area contributed by atoms with Crippen molar-refractivity contribution in [1.29, 1.82) is 0 Å². The van der Waals surface area contributed by atoms with Crippen LogP contribution >= 0.6 is 12.4 Å². The highest BCUT2D eigenvalue weighted by atomic mass is 35.5. The summed E-state index contributed by atoms with van der Waals surface area (Å²) in [4.78, 5) is 12.4. The van der Waals surface area contributed by atoms with Crippen molar-refractivity contribution in [2.75, 3.05) is 6.54 Å². The van der Waals surface area contributed by atoms with E-state index in [-0.39, 0.29) is 24.4 Å². The highest BCUT2D eigenvalue weighted by Crippen LogP contribution is 2.23. The van der Waals surface area contributed by atoms with Crippen LogP contribution in [0.2, 0.25) is 0 Å². The van der Waals surface area contributed by atoms with Crippen LogP contribution in [0, 0.1) is 12.8 Å². The van der Waals surface area contributed by atoms with Crippen LogP contribution in [-0.2, 0) is 0 Å². The maximum Gasteiger partial charge on any atom is 0.273 e. The lowest BCUT2D eigenvalue weighted by atomic mass is 9.84. The standard InChI is InChI=1S/C17H23N5O.ClH/c1-12-6-8-14(9-7-12)22-11-16(20-21-22)17(23)19-15-5-3-2-4-13(15)10-18;/h6-9,11,13,15H,2-5,10,18H2,1H3,(H,19,23);1H. The van der Waals surface area contributed by atoms with E-state index in [9.17, 15) is 4.79 Å². The first kappa shape index (κ1) is 18.4. The van der Waals surface area contributed by atoms with Crippen LogP contribution in [0.25, 0.3) is 5.69 Å². The van der Waals surface area contributed by atoms with Crippen molar-refractivity contribution in [3.63, 3.8) is 0 Å². The average Bonchev–Trinajstić information content (AvgIpc) is 3.06. The number of aromatic nitrogens is 3. The third kappa shape index (κ3) is 4.13. The quantitative estimate of drug-likeness (QED) is 0.886. The van der Waals surface area contributed by atoms with Gasteiger partial charge in [-0.3, -0.25) is 4.79 Å². The van der Waals surface area contributed by atoms with Crippen molar-refractivity contribution in [2.45, 2.75) is 38.6 Å². The molecule has 1 saturated carbocycles. The fraction of sp³-hybridized carbons (Fsp3) is 0.471. The highest BCUT2D eigenvalue weighted by molar-refractivity contribution is 5.92. The molecule has 1 amide bonds. The van der Waals surface area contributed by atoms with Crippen molar-refractivity contribution < 1.29 is 4.79 Å². The monoisotopic (exact) mass is 349 g/mol. The molecule has 24 heavy (non-hydrogen) atoms. The topological polar surface area (TPSA) is 85.8 Å². The van der Waals surface area contributed by atoms with Gasteiger partial charge in [0.25, 0.3) is 5.91 Å². The highest BCUT2D eigenvalue weighted by Gasteiger charge is 2.26. The molecule has 1 aliphatic rings. The third-order valence-electron chi connectivity index (χ3n) is 4.55. The Morgan fingerprint density at radius 3 is 2.71 bits per heavy atom. The molecule has 2 unspecified atom stereocenters. The van der Waals surface area contributed by atoms with Gasteiger partial charge in [-0.15, -0.1) is 17.5 Å². The molecule has 0 radical (unpaired) electrons. The summed E-state index contributed by atoms with van der Waals surface area (Å²) in [5.74, 6) is 0.188. The molecule has 1 aliphatic carbocycles. The Labute approximate surface area is 148 Å². The summed E-state index contributed by atoms with van der Waals surface area (Å²) in [6, 6.07) is 8.06. The Bertz CT molecular complexity index is 670. The summed E-state index contributed by atoms with van der Waals surface area (Å²) in [6.45, 7) is 2.64. The van der Waals surface area contributed by atoms with Crippen LogP contribution in [0.5, 0.6) is 0 Å². The number of amides is 1. The van der Waals surface area contributed by atoms with Crippen LogP contribution in [0.4, 0.5) is 0 Å². The molecule has 3 rings (SSSR count). The lowest BCUT2D eigenvalue weighted by molar-refractivity contribution is 0.0903. The number of carbonyl (C=O) groups is 1. The minimum Gasteiger partial charge on any atom is -0.348 e. The zero-order chi connectivity index (χ0) is 16.2. The lowest BCUT2D eigenvalue weighted by Crippen LogP contribution is -2.44. The molecule has 1 heterocycles. The average molecular weight is 350 g/mol. The number of nitrogens with one attached hydrogen (secondary N) is 1. The molecule has 0 saturated heterocycles. The maximum absolute atomic E-state index is 12.4. The van der Waals surface area contributed by atoms with Crippen molar-refractivity contribution in [3.05, 3.63) is 41.7 Å². The molecule has 6 nitrogen and oxygen atoms in total. The van der Waals surface area contributed by atoms with Crippen LogP contribution in [-0.4, -0.2) is 33.5 Å². The van der Waals surface area contributed by atoms with Crippen LogP contribution in [0.3, 0.4) is 0 Å². The fourth-order valence-corrected chi connectivity index (χ4v) is 3.11. The summed E-state index contributed by atoms with van der Waals surface area (Å²) < 4.78 is 1.62. The first-order chi connectivity index (χ1) is 11.2. The molecule has 3 N–H and O–H groups in total. The second-order valence-corrected chi connectivity index (χ2v) is 6.24. The Morgan fingerprint density at radius 1 is 1.29 bits per heavy atom. The predicted molar refractivity (Wildman–Crippen MR) is 95.6 cm³/mol. The van der Waals surface area contributed by atoms with Gasteiger partial charge in [-0.2, -0.15) is 0 Å². The van der Waals surface area contributed by atoms with Crippen molar-refractivity contribution in [3.8, 4) is 5.69 Å². The second kappa shape index (κ2) is 8.26. The van der Waals surface area contributed by atoms with Crippen LogP contribution in [0.1, 0.15) is 41.7 Å². The molecule has 7 heteroatoms. The van der Waals surface area contributed by atoms with E-state index in [0.29, 0.717) is 18.2 Å². The van der Waals surface area contributed by atoms with E-state index < -0.39 is 0 Å². The van der Waals surface area contributed by atoms with Crippen molar-refractivity contribution >= 4 is 18.3 Å². The van der Waals surface area contributed by atoms with Gasteiger partial charge in [-0.1, -0.05) is 35.8 Å². The van der Waals surface area contributed by atoms with Gasteiger partial charge >= 0.3 is 0 Å².